The van der Waals surface area contributed by atoms with Crippen molar-refractivity contribution < 1.29 is 14.4 Å². The summed E-state index contributed by atoms with van der Waals surface area (Å²) in [7, 11) is 1.62. The van der Waals surface area contributed by atoms with Gasteiger partial charge in [0.2, 0.25) is 17.7 Å². The van der Waals surface area contributed by atoms with Gasteiger partial charge in [0, 0.05) is 58.5 Å². The Morgan fingerprint density at radius 1 is 0.860 bits per heavy atom. The van der Waals surface area contributed by atoms with Crippen LogP contribution in [0.2, 0.25) is 10.0 Å². The van der Waals surface area contributed by atoms with Gasteiger partial charge in [-0.05, 0) is 86.1 Å². The first-order chi connectivity index (χ1) is 24.2. The molecule has 3 amide bonds. The fraction of sp³-hybridized carbons (Fsp3) is 0.378. The summed E-state index contributed by atoms with van der Waals surface area (Å²) < 4.78 is 0. The highest BCUT2D eigenvalue weighted by Crippen LogP contribution is 2.39. The molecule has 3 aromatic carbocycles. The molecule has 0 bridgehead atoms. The largest absolute Gasteiger partial charge is 0.361 e. The van der Waals surface area contributed by atoms with E-state index in [1.807, 2.05) is 54.7 Å². The third kappa shape index (κ3) is 9.39. The fourth-order valence-electron chi connectivity index (χ4n) is 6.24. The van der Waals surface area contributed by atoms with E-state index in [1.54, 1.807) is 19.2 Å². The van der Waals surface area contributed by atoms with Crippen LogP contribution >= 0.6 is 35.0 Å². The number of para-hydroxylation sites is 1. The zero-order valence-electron chi connectivity index (χ0n) is 28.1. The average molecular weight is 739 g/mol. The molecule has 266 valence electrons. The van der Waals surface area contributed by atoms with Crippen LogP contribution in [0.3, 0.4) is 0 Å². The molecule has 0 spiro atoms. The Morgan fingerprint density at radius 2 is 1.60 bits per heavy atom. The molecule has 4 aromatic rings. The molecule has 8 N–H and O–H groups in total. The summed E-state index contributed by atoms with van der Waals surface area (Å²) in [6, 6.07) is 16.8. The number of nitrogens with one attached hydrogen (secondary N) is 4. The van der Waals surface area contributed by atoms with Gasteiger partial charge < -0.3 is 37.3 Å². The summed E-state index contributed by atoms with van der Waals surface area (Å²) in [5.41, 5.74) is 15.2. The topological polar surface area (TPSA) is 158 Å². The number of H-pyrrole nitrogens is 1. The van der Waals surface area contributed by atoms with Crippen LogP contribution in [0.25, 0.3) is 10.9 Å². The lowest BCUT2D eigenvalue weighted by atomic mass is 10.0. The van der Waals surface area contributed by atoms with Gasteiger partial charge in [-0.25, -0.2) is 0 Å². The molecule has 5 rings (SSSR count). The molecule has 0 saturated heterocycles. The molecule has 1 aromatic heterocycles. The standard InChI is InChI=1S/C37H45Cl2N7O3S/c1-46-32(18-24-21-42-29-11-4-3-10-27(24)29)36(48)44-22-25-17-26(38)19-28(39)34(25)50-33-14-5-2-9-23(33)20-43-30(13-8-16-41)35(47)45-31(37(46)49)12-6-7-15-40/h2-5,9-11,14,17,19,21,30-32,42-43H,6-8,12-13,15-16,18,20,22,40-41H2,1H3,(H,44,48)(H,45,47)/t30-,31?,32-/m0/s1. The quantitative estimate of drug-likeness (QED) is 0.130. The van der Waals surface area contributed by atoms with Gasteiger partial charge >= 0.3 is 0 Å². The first kappa shape index (κ1) is 37.7. The van der Waals surface area contributed by atoms with Crippen molar-refractivity contribution in [2.24, 2.45) is 11.5 Å². The minimum absolute atomic E-state index is 0.131. The number of aromatic nitrogens is 1. The smallest absolute Gasteiger partial charge is 0.245 e. The van der Waals surface area contributed by atoms with E-state index in [2.05, 4.69) is 20.9 Å². The van der Waals surface area contributed by atoms with Crippen molar-refractivity contribution in [2.75, 3.05) is 20.1 Å². The van der Waals surface area contributed by atoms with Crippen molar-refractivity contribution in [3.63, 3.8) is 0 Å². The molecule has 0 aliphatic carbocycles. The number of carbonyl (C=O) groups excluding carboxylic acids is 3. The lowest BCUT2D eigenvalue weighted by Gasteiger charge is -2.32. The summed E-state index contributed by atoms with van der Waals surface area (Å²) in [4.78, 5) is 49.0. The molecule has 50 heavy (non-hydrogen) atoms. The van der Waals surface area contributed by atoms with Gasteiger partial charge in [0.25, 0.3) is 0 Å². The van der Waals surface area contributed by atoms with Crippen LogP contribution in [-0.4, -0.2) is 65.9 Å². The van der Waals surface area contributed by atoms with Gasteiger partial charge in [-0.3, -0.25) is 14.4 Å². The number of hydrogen-bond donors (Lipinski definition) is 6. The second kappa shape index (κ2) is 18.1. The average Bonchev–Trinajstić information content (AvgIpc) is 3.52. The molecule has 0 fully saturated rings. The summed E-state index contributed by atoms with van der Waals surface area (Å²) in [5.74, 6) is -1.00. The number of likely N-dealkylation sites (N-methyl/N-ethyl adjacent to an activating group) is 1. The van der Waals surface area contributed by atoms with Gasteiger partial charge in [0.15, 0.2) is 0 Å². The second-order valence-corrected chi connectivity index (χ2v) is 14.4. The molecule has 1 unspecified atom stereocenters. The molecule has 0 radical (unpaired) electrons. The Labute approximate surface area is 307 Å². The third-order valence-corrected chi connectivity index (χ3v) is 11.0. The molecular formula is C37H45Cl2N7O3S. The molecule has 10 nitrogen and oxygen atoms in total. The number of hydrogen-bond acceptors (Lipinski definition) is 7. The van der Waals surface area contributed by atoms with E-state index < -0.39 is 18.1 Å². The second-order valence-electron chi connectivity index (χ2n) is 12.5. The Kier molecular flexibility index (Phi) is 13.6. The normalized spacial score (nSPS) is 19.4. The zero-order chi connectivity index (χ0) is 35.6. The number of nitrogens with zero attached hydrogens (tertiary/aromatic N) is 1. The van der Waals surface area contributed by atoms with E-state index in [9.17, 15) is 14.4 Å². The first-order valence-corrected chi connectivity index (χ1v) is 18.5. The highest BCUT2D eigenvalue weighted by atomic mass is 35.5. The fourth-order valence-corrected chi connectivity index (χ4v) is 7.94. The maximum atomic E-state index is 14.4. The summed E-state index contributed by atoms with van der Waals surface area (Å²) in [5, 5.41) is 11.4. The van der Waals surface area contributed by atoms with Crippen LogP contribution < -0.4 is 27.4 Å². The Hall–Kier alpha value is -3.58. The number of carbonyl (C=O) groups is 3. The van der Waals surface area contributed by atoms with Crippen molar-refractivity contribution in [1.82, 2.24) is 25.8 Å². The van der Waals surface area contributed by atoms with E-state index in [0.717, 1.165) is 37.4 Å². The molecule has 2 heterocycles. The van der Waals surface area contributed by atoms with E-state index in [4.69, 9.17) is 34.7 Å². The van der Waals surface area contributed by atoms with Crippen molar-refractivity contribution >= 4 is 63.6 Å². The number of amides is 3. The number of nitrogens with two attached hydrogens (primary N) is 2. The van der Waals surface area contributed by atoms with Gasteiger partial charge in [-0.1, -0.05) is 71.4 Å². The van der Waals surface area contributed by atoms with Crippen LogP contribution in [0.1, 0.15) is 48.8 Å². The van der Waals surface area contributed by atoms with Crippen molar-refractivity contribution in [3.8, 4) is 0 Å². The van der Waals surface area contributed by atoms with Crippen LogP contribution in [0.4, 0.5) is 0 Å². The Morgan fingerprint density at radius 3 is 2.40 bits per heavy atom. The summed E-state index contributed by atoms with van der Waals surface area (Å²) in [6.45, 7) is 1.40. The van der Waals surface area contributed by atoms with E-state index in [1.165, 1.54) is 16.7 Å². The monoisotopic (exact) mass is 737 g/mol. The van der Waals surface area contributed by atoms with E-state index in [-0.39, 0.29) is 30.7 Å². The number of unbranched alkanes of at least 4 members (excludes halogenated alkanes) is 1. The molecule has 13 heteroatoms. The van der Waals surface area contributed by atoms with Gasteiger partial charge in [-0.2, -0.15) is 0 Å². The maximum Gasteiger partial charge on any atom is 0.245 e. The summed E-state index contributed by atoms with van der Waals surface area (Å²) in [6.07, 6.45) is 4.91. The number of fused-ring (bicyclic) bond motifs is 3. The molecule has 1 aliphatic heterocycles. The Bertz CT molecular complexity index is 1800. The van der Waals surface area contributed by atoms with Gasteiger partial charge in [0.1, 0.15) is 12.1 Å². The number of benzene rings is 3. The Balaban J connectivity index is 1.57. The number of rotatable bonds is 9. The lowest BCUT2D eigenvalue weighted by Crippen LogP contribution is -2.57. The minimum Gasteiger partial charge on any atom is -0.361 e. The van der Waals surface area contributed by atoms with Crippen molar-refractivity contribution in [1.29, 1.82) is 0 Å². The van der Waals surface area contributed by atoms with Crippen LogP contribution in [0.15, 0.2) is 76.7 Å². The maximum absolute atomic E-state index is 14.4. The van der Waals surface area contributed by atoms with E-state index in [0.29, 0.717) is 61.8 Å². The summed E-state index contributed by atoms with van der Waals surface area (Å²) >= 11 is 14.8. The number of halogens is 2. The lowest BCUT2D eigenvalue weighted by molar-refractivity contribution is -0.142. The van der Waals surface area contributed by atoms with Gasteiger partial charge in [0.05, 0.1) is 11.1 Å². The highest BCUT2D eigenvalue weighted by molar-refractivity contribution is 7.99. The third-order valence-electron chi connectivity index (χ3n) is 9.04. The van der Waals surface area contributed by atoms with E-state index >= 15 is 0 Å². The van der Waals surface area contributed by atoms with Crippen LogP contribution in [0.5, 0.6) is 0 Å². The molecule has 3 atom stereocenters. The van der Waals surface area contributed by atoms with Crippen LogP contribution in [0, 0.1) is 0 Å². The van der Waals surface area contributed by atoms with Gasteiger partial charge in [-0.15, -0.1) is 0 Å². The van der Waals surface area contributed by atoms with Crippen LogP contribution in [-0.2, 0) is 33.9 Å². The highest BCUT2D eigenvalue weighted by Gasteiger charge is 2.34. The first-order valence-electron chi connectivity index (χ1n) is 17.0. The molecular weight excluding hydrogens is 693 g/mol. The van der Waals surface area contributed by atoms with Crippen molar-refractivity contribution in [2.45, 2.75) is 79.5 Å². The number of aromatic amines is 1. The molecule has 0 saturated carbocycles. The predicted molar refractivity (Wildman–Crippen MR) is 201 cm³/mol. The van der Waals surface area contributed by atoms with Crippen molar-refractivity contribution in [3.05, 3.63) is 93.6 Å². The zero-order valence-corrected chi connectivity index (χ0v) is 30.5. The SMILES string of the molecule is CN1C(=O)C(CCCCN)NC(=O)[C@H](CCCN)NCc2ccccc2Sc2c(Cl)cc(Cl)cc2CNC(=O)[C@@H]1Cc1c[nH]c2ccccc12. The minimum atomic E-state index is -0.899. The predicted octanol–water partition coefficient (Wildman–Crippen LogP) is 5.14. The molecule has 1 aliphatic rings.